The average Bonchev–Trinajstić information content (AvgIpc) is 3.24. The van der Waals surface area contributed by atoms with E-state index in [0.717, 1.165) is 9.35 Å². The lowest BCUT2D eigenvalue weighted by Crippen LogP contribution is -2.71. The van der Waals surface area contributed by atoms with E-state index in [-0.39, 0.29) is 10.8 Å². The van der Waals surface area contributed by atoms with Crippen LogP contribution in [0.3, 0.4) is 0 Å². The number of hydrogen-bond acceptors (Lipinski definition) is 10. The molecule has 3 heterocycles. The van der Waals surface area contributed by atoms with Crippen LogP contribution < -0.4 is 22.1 Å². The van der Waals surface area contributed by atoms with Gasteiger partial charge in [0, 0.05) is 17.2 Å². The zero-order valence-corrected chi connectivity index (χ0v) is 21.5. The largest absolute Gasteiger partial charge is 0.477 e. The Balaban J connectivity index is 1.41. The summed E-state index contributed by atoms with van der Waals surface area (Å²) in [5.41, 5.74) is 13.3. The SMILES string of the molecule is Cc1nnc(SCC2=C(C(=O)O)N3C(=O)C(NC(=O)C(N)c4ccc(NC(N)=S)cc4)[C@@H]3SC2)s1. The fourth-order valence-electron chi connectivity index (χ4n) is 3.59. The second-order valence-electron chi connectivity index (χ2n) is 7.62. The zero-order valence-electron chi connectivity index (χ0n) is 18.3. The van der Waals surface area contributed by atoms with Crippen molar-refractivity contribution in [2.45, 2.75) is 28.7 Å². The number of carbonyl (C=O) groups is 3. The van der Waals surface area contributed by atoms with Crippen molar-refractivity contribution < 1.29 is 19.5 Å². The van der Waals surface area contributed by atoms with Gasteiger partial charge in [-0.15, -0.1) is 22.0 Å². The molecular formula is C20H21N7O4S4. The highest BCUT2D eigenvalue weighted by molar-refractivity contribution is 8.01. The number of nitrogens with two attached hydrogens (primary N) is 2. The average molecular weight is 552 g/mol. The summed E-state index contributed by atoms with van der Waals surface area (Å²) >= 11 is 9.00. The number of carboxylic acid groups (broad SMARTS) is 1. The Morgan fingerprint density at radius 2 is 2.06 bits per heavy atom. The molecule has 2 aromatic rings. The number of nitrogens with one attached hydrogen (secondary N) is 2. The molecule has 15 heteroatoms. The summed E-state index contributed by atoms with van der Waals surface area (Å²) < 4.78 is 0.732. The normalized spacial score (nSPS) is 20.1. The number of aliphatic carboxylic acids is 1. The van der Waals surface area contributed by atoms with Gasteiger partial charge in [0.2, 0.25) is 5.91 Å². The van der Waals surface area contributed by atoms with Crippen molar-refractivity contribution in [1.82, 2.24) is 20.4 Å². The third-order valence-electron chi connectivity index (χ3n) is 5.24. The Kier molecular flexibility index (Phi) is 7.61. The van der Waals surface area contributed by atoms with Gasteiger partial charge >= 0.3 is 5.97 Å². The summed E-state index contributed by atoms with van der Waals surface area (Å²) in [6, 6.07) is 4.81. The standard InChI is InChI=1S/C20H21N7O4S4/c1-8-25-26-20(35-8)34-7-10-6-33-17-13(16(29)27(17)14(10)18(30)31)24-15(28)12(21)9-2-4-11(5-3-9)23-19(22)32/h2-5,12-13,17H,6-7,21H2,1H3,(H,24,28)(H,30,31)(H3,22,23,32)/t12?,13?,17-/m0/s1. The first-order valence-corrected chi connectivity index (χ1v) is 13.5. The monoisotopic (exact) mass is 551 g/mol. The fraction of sp³-hybridized carbons (Fsp3) is 0.300. The lowest BCUT2D eigenvalue weighted by atomic mass is 10.0. The van der Waals surface area contributed by atoms with Crippen molar-refractivity contribution in [3.05, 3.63) is 46.1 Å². The molecule has 0 aliphatic carbocycles. The van der Waals surface area contributed by atoms with Crippen LogP contribution in [0.25, 0.3) is 0 Å². The second kappa shape index (κ2) is 10.5. The Morgan fingerprint density at radius 3 is 2.66 bits per heavy atom. The van der Waals surface area contributed by atoms with Crippen LogP contribution in [0.1, 0.15) is 16.6 Å². The molecule has 1 aromatic carbocycles. The molecule has 0 spiro atoms. The Hall–Kier alpha value is -2.72. The maximum atomic E-state index is 12.9. The van der Waals surface area contributed by atoms with Gasteiger partial charge in [-0.05, 0) is 42.4 Å². The zero-order chi connectivity index (χ0) is 25.3. The smallest absolute Gasteiger partial charge is 0.352 e. The lowest BCUT2D eigenvalue weighted by Gasteiger charge is -2.49. The van der Waals surface area contributed by atoms with E-state index in [9.17, 15) is 19.5 Å². The van der Waals surface area contributed by atoms with Crippen LogP contribution in [-0.4, -0.2) is 66.0 Å². The number of anilines is 1. The summed E-state index contributed by atoms with van der Waals surface area (Å²) in [7, 11) is 0. The van der Waals surface area contributed by atoms with E-state index in [1.54, 1.807) is 24.3 Å². The molecule has 2 unspecified atom stereocenters. The van der Waals surface area contributed by atoms with Gasteiger partial charge < -0.3 is 27.2 Å². The molecule has 3 atom stereocenters. The predicted octanol–water partition coefficient (Wildman–Crippen LogP) is 1.03. The minimum absolute atomic E-state index is 0.0387. The maximum Gasteiger partial charge on any atom is 0.352 e. The van der Waals surface area contributed by atoms with Gasteiger partial charge in [0.1, 0.15) is 28.2 Å². The number of rotatable bonds is 8. The minimum atomic E-state index is -1.18. The highest BCUT2D eigenvalue weighted by Gasteiger charge is 2.54. The number of amides is 2. The van der Waals surface area contributed by atoms with Crippen LogP contribution in [0.4, 0.5) is 5.69 Å². The molecule has 35 heavy (non-hydrogen) atoms. The molecule has 4 rings (SSSR count). The van der Waals surface area contributed by atoms with Gasteiger partial charge in [-0.1, -0.05) is 35.2 Å². The van der Waals surface area contributed by atoms with E-state index < -0.39 is 35.2 Å². The van der Waals surface area contributed by atoms with Gasteiger partial charge in [0.05, 0.1) is 0 Å². The van der Waals surface area contributed by atoms with Gasteiger partial charge in [-0.25, -0.2) is 4.79 Å². The maximum absolute atomic E-state index is 12.9. The third kappa shape index (κ3) is 5.43. The van der Waals surface area contributed by atoms with E-state index in [0.29, 0.717) is 28.3 Å². The number of nitrogens with zero attached hydrogens (tertiary/aromatic N) is 3. The number of aromatic nitrogens is 2. The number of benzene rings is 1. The van der Waals surface area contributed by atoms with Crippen LogP contribution in [0.15, 0.2) is 39.9 Å². The quantitative estimate of drug-likeness (QED) is 0.179. The predicted molar refractivity (Wildman–Crippen MR) is 139 cm³/mol. The van der Waals surface area contributed by atoms with Crippen LogP contribution in [0.2, 0.25) is 0 Å². The van der Waals surface area contributed by atoms with E-state index in [1.165, 1.54) is 39.8 Å². The van der Waals surface area contributed by atoms with E-state index in [1.807, 2.05) is 6.92 Å². The topological polar surface area (TPSA) is 177 Å². The summed E-state index contributed by atoms with van der Waals surface area (Å²) in [6.07, 6.45) is 0. The summed E-state index contributed by atoms with van der Waals surface area (Å²) in [6.45, 7) is 1.84. The van der Waals surface area contributed by atoms with Gasteiger partial charge in [0.25, 0.3) is 5.91 Å². The first-order valence-electron chi connectivity index (χ1n) is 10.2. The Morgan fingerprint density at radius 1 is 1.34 bits per heavy atom. The molecule has 11 nitrogen and oxygen atoms in total. The van der Waals surface area contributed by atoms with Gasteiger partial charge in [-0.3, -0.25) is 14.5 Å². The highest BCUT2D eigenvalue weighted by Crippen LogP contribution is 2.42. The van der Waals surface area contributed by atoms with Crippen molar-refractivity contribution in [2.24, 2.45) is 11.5 Å². The van der Waals surface area contributed by atoms with Crippen molar-refractivity contribution in [3.63, 3.8) is 0 Å². The summed E-state index contributed by atoms with van der Waals surface area (Å²) in [5.74, 6) is -1.41. The number of carboxylic acids is 1. The second-order valence-corrected chi connectivity index (χ2v) is 11.6. The van der Waals surface area contributed by atoms with Crippen LogP contribution in [0, 0.1) is 6.92 Å². The number of β-lactam (4-membered cyclic amide) rings is 1. The van der Waals surface area contributed by atoms with Crippen LogP contribution in [-0.2, 0) is 14.4 Å². The van der Waals surface area contributed by atoms with E-state index in [2.05, 4.69) is 20.8 Å². The van der Waals surface area contributed by atoms with Crippen molar-refractivity contribution in [1.29, 1.82) is 0 Å². The molecule has 2 amide bonds. The molecule has 0 saturated carbocycles. The number of carbonyl (C=O) groups excluding carboxylic acids is 2. The first-order chi connectivity index (χ1) is 16.7. The Bertz CT molecular complexity index is 1220. The molecule has 7 N–H and O–H groups in total. The number of fused-ring (bicyclic) bond motifs is 1. The molecule has 1 fully saturated rings. The summed E-state index contributed by atoms with van der Waals surface area (Å²) in [5, 5.41) is 23.7. The van der Waals surface area contributed by atoms with Crippen molar-refractivity contribution in [2.75, 3.05) is 16.8 Å². The lowest BCUT2D eigenvalue weighted by molar-refractivity contribution is -0.150. The van der Waals surface area contributed by atoms with Crippen LogP contribution >= 0.6 is 47.1 Å². The van der Waals surface area contributed by atoms with Gasteiger partial charge in [-0.2, -0.15) is 0 Å². The summed E-state index contributed by atoms with van der Waals surface area (Å²) in [4.78, 5) is 38.9. The van der Waals surface area contributed by atoms with Gasteiger partial charge in [0.15, 0.2) is 9.45 Å². The molecule has 1 aromatic heterocycles. The highest BCUT2D eigenvalue weighted by atomic mass is 32.2. The molecule has 0 radical (unpaired) electrons. The third-order valence-corrected chi connectivity index (χ3v) is 8.74. The number of hydrogen-bond donors (Lipinski definition) is 5. The van der Waals surface area contributed by atoms with Crippen molar-refractivity contribution in [3.8, 4) is 0 Å². The molecule has 2 aliphatic heterocycles. The molecule has 0 bridgehead atoms. The van der Waals surface area contributed by atoms with E-state index >= 15 is 0 Å². The minimum Gasteiger partial charge on any atom is -0.477 e. The fourth-order valence-corrected chi connectivity index (χ4v) is 7.01. The molecular weight excluding hydrogens is 531 g/mol. The van der Waals surface area contributed by atoms with E-state index in [4.69, 9.17) is 23.7 Å². The first kappa shape index (κ1) is 25.4. The molecule has 1 saturated heterocycles. The van der Waals surface area contributed by atoms with Crippen molar-refractivity contribution >= 4 is 75.7 Å². The Labute approximate surface area is 218 Å². The molecule has 184 valence electrons. The molecule has 2 aliphatic rings. The van der Waals surface area contributed by atoms with Crippen LogP contribution in [0.5, 0.6) is 0 Å². The number of aryl methyl sites for hydroxylation is 1. The number of thioether (sulfide) groups is 2. The number of thiocarbonyl (C=S) groups is 1.